The monoisotopic (exact) mass is 445 g/mol. The molecule has 7 rings (SSSR count). The van der Waals surface area contributed by atoms with Gasteiger partial charge in [0.2, 0.25) is 0 Å². The predicted molar refractivity (Wildman–Crippen MR) is 139 cm³/mol. The maximum atomic E-state index is 6.36. The molecule has 3 aromatic heterocycles. The molecule has 5 nitrogen and oxygen atoms in total. The van der Waals surface area contributed by atoms with E-state index in [1.54, 1.807) is 0 Å². The Morgan fingerprint density at radius 1 is 0.706 bits per heavy atom. The van der Waals surface area contributed by atoms with Crippen LogP contribution in [0.25, 0.3) is 49.4 Å². The third kappa shape index (κ3) is 2.64. The second-order valence-corrected chi connectivity index (χ2v) is 10.2. The van der Waals surface area contributed by atoms with Crippen molar-refractivity contribution in [2.75, 3.05) is 0 Å². The zero-order valence-corrected chi connectivity index (χ0v) is 19.7. The number of benzene rings is 3. The molecule has 0 bridgehead atoms. The lowest BCUT2D eigenvalue weighted by Crippen LogP contribution is -2.41. The number of hydrogen-bond acceptors (Lipinski definition) is 4. The van der Waals surface area contributed by atoms with Crippen LogP contribution in [0.1, 0.15) is 27.7 Å². The first-order valence-electron chi connectivity index (χ1n) is 11.7. The molecular weight excluding hydrogens is 421 g/mol. The Balaban J connectivity index is 1.60. The fourth-order valence-corrected chi connectivity index (χ4v) is 5.01. The number of rotatable bonds is 1. The maximum absolute atomic E-state index is 6.36. The molecule has 0 radical (unpaired) electrons. The lowest BCUT2D eigenvalue weighted by Gasteiger charge is -2.32. The summed E-state index contributed by atoms with van der Waals surface area (Å²) in [5.41, 5.74) is 6.16. The molecule has 6 heteroatoms. The minimum atomic E-state index is -0.430. The molecule has 0 saturated carbocycles. The first kappa shape index (κ1) is 19.9. The predicted octanol–water partition coefficient (Wildman–Crippen LogP) is 5.64. The summed E-state index contributed by atoms with van der Waals surface area (Å²) >= 11 is 0. The van der Waals surface area contributed by atoms with Gasteiger partial charge in [0.15, 0.2) is 0 Å². The molecule has 0 spiro atoms. The van der Waals surface area contributed by atoms with E-state index < -0.39 is 18.3 Å². The second kappa shape index (κ2) is 6.56. The van der Waals surface area contributed by atoms with E-state index in [1.165, 1.54) is 0 Å². The van der Waals surface area contributed by atoms with Crippen LogP contribution in [-0.2, 0) is 9.31 Å². The van der Waals surface area contributed by atoms with Crippen LogP contribution in [0, 0.1) is 0 Å². The van der Waals surface area contributed by atoms with Crippen molar-refractivity contribution in [3.05, 3.63) is 72.8 Å². The Hall–Kier alpha value is -3.48. The van der Waals surface area contributed by atoms with Gasteiger partial charge in [0.25, 0.3) is 0 Å². The van der Waals surface area contributed by atoms with Crippen LogP contribution in [0.5, 0.6) is 0 Å². The van der Waals surface area contributed by atoms with Gasteiger partial charge in [-0.1, -0.05) is 42.5 Å². The summed E-state index contributed by atoms with van der Waals surface area (Å²) in [6, 6.07) is 25.1. The minimum Gasteiger partial charge on any atom is -0.399 e. The highest BCUT2D eigenvalue weighted by molar-refractivity contribution is 6.62. The highest BCUT2D eigenvalue weighted by Crippen LogP contribution is 2.37. The van der Waals surface area contributed by atoms with Gasteiger partial charge in [-0.2, -0.15) is 0 Å². The van der Waals surface area contributed by atoms with Crippen molar-refractivity contribution in [3.63, 3.8) is 0 Å². The molecule has 0 amide bonds. The Labute approximate surface area is 197 Å². The molecule has 1 saturated heterocycles. The fourth-order valence-electron chi connectivity index (χ4n) is 5.01. The zero-order chi connectivity index (χ0) is 23.2. The van der Waals surface area contributed by atoms with Crippen molar-refractivity contribution in [2.45, 2.75) is 38.9 Å². The van der Waals surface area contributed by atoms with Crippen LogP contribution < -0.4 is 5.46 Å². The largest absolute Gasteiger partial charge is 0.494 e. The first-order valence-corrected chi connectivity index (χ1v) is 11.7. The Bertz CT molecular complexity index is 1770. The standard InChI is InChI=1S/C28H24BN3O2/c1-27(2)28(3,4)34-29(33-27)18-13-14-23-19(16-18)25-20(15-17-9-5-6-10-21(17)30-25)26-31-22-11-7-8-12-24(22)32(23)26/h5-16H,1-4H3. The fraction of sp³-hybridized carbons (Fsp3) is 0.214. The number of imidazole rings is 1. The van der Waals surface area contributed by atoms with Crippen LogP contribution in [0.15, 0.2) is 72.8 Å². The molecule has 0 unspecified atom stereocenters. The molecule has 3 aromatic carbocycles. The smallest absolute Gasteiger partial charge is 0.399 e. The molecule has 166 valence electrons. The first-order chi connectivity index (χ1) is 16.3. The van der Waals surface area contributed by atoms with Gasteiger partial charge in [0.05, 0.1) is 38.8 Å². The van der Waals surface area contributed by atoms with E-state index in [0.717, 1.165) is 54.9 Å². The van der Waals surface area contributed by atoms with Gasteiger partial charge >= 0.3 is 7.12 Å². The summed E-state index contributed by atoms with van der Waals surface area (Å²) < 4.78 is 15.0. The average Bonchev–Trinajstić information content (AvgIpc) is 3.32. The van der Waals surface area contributed by atoms with Crippen LogP contribution in [0.4, 0.5) is 0 Å². The van der Waals surface area contributed by atoms with Crippen LogP contribution in [0.3, 0.4) is 0 Å². The van der Waals surface area contributed by atoms with E-state index in [1.807, 2.05) is 18.2 Å². The second-order valence-electron chi connectivity index (χ2n) is 10.2. The van der Waals surface area contributed by atoms with Crippen molar-refractivity contribution in [3.8, 4) is 0 Å². The van der Waals surface area contributed by atoms with Crippen LogP contribution in [0.2, 0.25) is 0 Å². The van der Waals surface area contributed by atoms with Crippen molar-refractivity contribution in [1.82, 2.24) is 14.4 Å². The molecule has 0 aliphatic carbocycles. The van der Waals surface area contributed by atoms with Gasteiger partial charge in [-0.05, 0) is 63.5 Å². The molecule has 1 aliphatic heterocycles. The summed E-state index contributed by atoms with van der Waals surface area (Å²) in [6.07, 6.45) is 0. The van der Waals surface area contributed by atoms with E-state index in [9.17, 15) is 0 Å². The normalized spacial score (nSPS) is 17.6. The van der Waals surface area contributed by atoms with Crippen LogP contribution in [-0.4, -0.2) is 32.7 Å². The highest BCUT2D eigenvalue weighted by Gasteiger charge is 2.51. The van der Waals surface area contributed by atoms with Gasteiger partial charge in [0.1, 0.15) is 5.65 Å². The number of aromatic nitrogens is 3. The molecular formula is C28H24BN3O2. The van der Waals surface area contributed by atoms with E-state index in [-0.39, 0.29) is 0 Å². The minimum absolute atomic E-state index is 0.395. The summed E-state index contributed by atoms with van der Waals surface area (Å²) in [5.74, 6) is 0. The SMILES string of the molecule is CC1(C)OB(c2ccc3c(c2)c2nc4ccccc4cc2c2nc4ccccc4n32)OC1(C)C. The third-order valence-electron chi connectivity index (χ3n) is 7.57. The number of para-hydroxylation sites is 3. The summed E-state index contributed by atoms with van der Waals surface area (Å²) in [4.78, 5) is 10.1. The molecule has 0 atom stereocenters. The van der Waals surface area contributed by atoms with E-state index >= 15 is 0 Å². The maximum Gasteiger partial charge on any atom is 0.494 e. The van der Waals surface area contributed by atoms with Crippen molar-refractivity contribution < 1.29 is 9.31 Å². The molecule has 6 aromatic rings. The molecule has 0 N–H and O–H groups in total. The van der Waals surface area contributed by atoms with Crippen molar-refractivity contribution >= 4 is 62.0 Å². The van der Waals surface area contributed by atoms with E-state index in [4.69, 9.17) is 19.3 Å². The summed E-state index contributed by atoms with van der Waals surface area (Å²) in [6.45, 7) is 8.33. The van der Waals surface area contributed by atoms with E-state index in [2.05, 4.69) is 86.7 Å². The lowest BCUT2D eigenvalue weighted by atomic mass is 9.78. The molecule has 34 heavy (non-hydrogen) atoms. The number of hydrogen-bond donors (Lipinski definition) is 0. The number of nitrogens with zero attached hydrogens (tertiary/aromatic N) is 3. The lowest BCUT2D eigenvalue weighted by molar-refractivity contribution is 0.00578. The van der Waals surface area contributed by atoms with Crippen LogP contribution >= 0.6 is 0 Å². The van der Waals surface area contributed by atoms with Crippen molar-refractivity contribution in [2.24, 2.45) is 0 Å². The van der Waals surface area contributed by atoms with Gasteiger partial charge < -0.3 is 9.31 Å². The average molecular weight is 445 g/mol. The van der Waals surface area contributed by atoms with Gasteiger partial charge in [-0.25, -0.2) is 9.97 Å². The van der Waals surface area contributed by atoms with Gasteiger partial charge in [0, 0.05) is 16.2 Å². The third-order valence-corrected chi connectivity index (χ3v) is 7.57. The molecule has 4 heterocycles. The van der Waals surface area contributed by atoms with E-state index in [0.29, 0.717) is 0 Å². The quantitative estimate of drug-likeness (QED) is 0.187. The highest BCUT2D eigenvalue weighted by atomic mass is 16.7. The Morgan fingerprint density at radius 3 is 2.21 bits per heavy atom. The number of fused-ring (bicyclic) bond motifs is 9. The molecule has 1 aliphatic rings. The topological polar surface area (TPSA) is 48.7 Å². The summed E-state index contributed by atoms with van der Waals surface area (Å²) in [7, 11) is -0.430. The van der Waals surface area contributed by atoms with Crippen molar-refractivity contribution in [1.29, 1.82) is 0 Å². The molecule has 1 fully saturated rings. The Morgan fingerprint density at radius 2 is 1.41 bits per heavy atom. The van der Waals surface area contributed by atoms with Gasteiger partial charge in [-0.15, -0.1) is 0 Å². The van der Waals surface area contributed by atoms with Gasteiger partial charge in [-0.3, -0.25) is 4.40 Å². The Kier molecular flexibility index (Phi) is 3.85. The summed E-state index contributed by atoms with van der Waals surface area (Å²) in [5, 5.41) is 3.20. The zero-order valence-electron chi connectivity index (χ0n) is 19.7. The number of pyridine rings is 2.